The molecule has 2 heterocycles. The van der Waals surface area contributed by atoms with Gasteiger partial charge in [-0.15, -0.1) is 0 Å². The number of hydrogen-bond donors (Lipinski definition) is 0. The van der Waals surface area contributed by atoms with Gasteiger partial charge in [0, 0.05) is 7.11 Å². The molecule has 0 saturated heterocycles. The topological polar surface area (TPSA) is 18.5 Å². The van der Waals surface area contributed by atoms with Crippen molar-refractivity contribution in [3.63, 3.8) is 0 Å². The minimum absolute atomic E-state index is 0.0747. The quantitative estimate of drug-likeness (QED) is 0.777. The van der Waals surface area contributed by atoms with Crippen LogP contribution in [0.25, 0.3) is 6.08 Å². The van der Waals surface area contributed by atoms with Crippen LogP contribution in [0.2, 0.25) is 0 Å². The first kappa shape index (κ1) is 13.3. The Balaban J connectivity index is 1.93. The average Bonchev–Trinajstić information content (AvgIpc) is 2.69. The van der Waals surface area contributed by atoms with E-state index in [4.69, 9.17) is 9.47 Å². The molecular formula is C18H20O2. The van der Waals surface area contributed by atoms with E-state index in [2.05, 4.69) is 56.4 Å². The Hall–Kier alpha value is -1.64. The second-order valence-electron chi connectivity index (χ2n) is 5.81. The van der Waals surface area contributed by atoms with Crippen LogP contribution >= 0.6 is 0 Å². The molecule has 2 bridgehead atoms. The van der Waals surface area contributed by atoms with Crippen molar-refractivity contribution in [2.75, 3.05) is 7.11 Å². The van der Waals surface area contributed by atoms with E-state index in [-0.39, 0.29) is 17.3 Å². The Morgan fingerprint density at radius 1 is 1.10 bits per heavy atom. The van der Waals surface area contributed by atoms with Crippen molar-refractivity contribution < 1.29 is 9.47 Å². The molecule has 0 radical (unpaired) electrons. The Kier molecular flexibility index (Phi) is 3.15. The number of ether oxygens (including phenoxy) is 2. The minimum Gasteiger partial charge on any atom is -0.373 e. The van der Waals surface area contributed by atoms with Crippen LogP contribution in [0.4, 0.5) is 0 Å². The predicted molar refractivity (Wildman–Crippen MR) is 81.4 cm³/mol. The second-order valence-corrected chi connectivity index (χ2v) is 5.81. The zero-order valence-electron chi connectivity index (χ0n) is 12.2. The van der Waals surface area contributed by atoms with Crippen LogP contribution < -0.4 is 0 Å². The molecule has 0 spiro atoms. The van der Waals surface area contributed by atoms with Crippen LogP contribution in [-0.4, -0.2) is 24.4 Å². The van der Waals surface area contributed by atoms with E-state index < -0.39 is 0 Å². The van der Waals surface area contributed by atoms with Gasteiger partial charge in [-0.1, -0.05) is 54.6 Å². The molecule has 2 nitrogen and oxygen atoms in total. The molecule has 0 amide bonds. The highest BCUT2D eigenvalue weighted by Crippen LogP contribution is 2.43. The van der Waals surface area contributed by atoms with E-state index in [0.29, 0.717) is 0 Å². The van der Waals surface area contributed by atoms with Crippen molar-refractivity contribution in [3.8, 4) is 0 Å². The normalized spacial score (nSPS) is 35.5. The maximum Gasteiger partial charge on any atom is 0.115 e. The van der Waals surface area contributed by atoms with Crippen LogP contribution in [0.1, 0.15) is 19.4 Å². The fraction of sp³-hybridized carbons (Fsp3) is 0.333. The third kappa shape index (κ3) is 2.26. The number of methoxy groups -OCH3 is 1. The summed E-state index contributed by atoms with van der Waals surface area (Å²) in [5.41, 5.74) is 1.65. The molecule has 0 unspecified atom stereocenters. The Morgan fingerprint density at radius 3 is 2.55 bits per heavy atom. The molecule has 1 aromatic rings. The van der Waals surface area contributed by atoms with Crippen molar-refractivity contribution in [2.45, 2.75) is 31.2 Å². The van der Waals surface area contributed by atoms with E-state index in [1.54, 1.807) is 7.11 Å². The molecule has 3 atom stereocenters. The lowest BCUT2D eigenvalue weighted by molar-refractivity contribution is -0.120. The molecule has 2 aliphatic rings. The molecule has 20 heavy (non-hydrogen) atoms. The average molecular weight is 268 g/mol. The largest absolute Gasteiger partial charge is 0.373 e. The second kappa shape index (κ2) is 4.72. The summed E-state index contributed by atoms with van der Waals surface area (Å²) >= 11 is 0. The summed E-state index contributed by atoms with van der Waals surface area (Å²) in [5.74, 6) is 0. The summed E-state index contributed by atoms with van der Waals surface area (Å²) in [4.78, 5) is 0. The molecule has 3 rings (SSSR count). The third-order valence-corrected chi connectivity index (χ3v) is 3.97. The number of rotatable bonds is 3. The predicted octanol–water partition coefficient (Wildman–Crippen LogP) is 3.76. The van der Waals surface area contributed by atoms with Crippen molar-refractivity contribution in [1.29, 1.82) is 0 Å². The standard InChI is InChI=1S/C18H20O2/c1-17-11-12-18(2,20-17)16(19-3)15(13-17)10-9-14-7-5-4-6-8-14/h4-13,16H,1-3H3/b10-9+/t16-,17+,18-/m1/s1. The smallest absolute Gasteiger partial charge is 0.115 e. The first-order valence-electron chi connectivity index (χ1n) is 6.94. The molecule has 0 aromatic heterocycles. The fourth-order valence-electron chi connectivity index (χ4n) is 3.09. The monoisotopic (exact) mass is 268 g/mol. The number of hydrogen-bond acceptors (Lipinski definition) is 2. The van der Waals surface area contributed by atoms with Gasteiger partial charge in [0.1, 0.15) is 17.3 Å². The summed E-state index contributed by atoms with van der Waals surface area (Å²) in [7, 11) is 1.73. The summed E-state index contributed by atoms with van der Waals surface area (Å²) in [5, 5.41) is 0. The van der Waals surface area contributed by atoms with Crippen LogP contribution in [0, 0.1) is 0 Å². The SMILES string of the molecule is CO[C@@H]1C(/C=C/c2ccccc2)=C[C@]2(C)C=C[C@@]1(C)O2. The Labute approximate surface area is 120 Å². The zero-order valence-corrected chi connectivity index (χ0v) is 12.2. The van der Waals surface area contributed by atoms with Crippen molar-refractivity contribution in [3.05, 3.63) is 65.8 Å². The van der Waals surface area contributed by atoms with Gasteiger partial charge in [-0.2, -0.15) is 0 Å². The van der Waals surface area contributed by atoms with Crippen LogP contribution in [0.15, 0.2) is 60.2 Å². The lowest BCUT2D eigenvalue weighted by atomic mass is 9.89. The highest BCUT2D eigenvalue weighted by Gasteiger charge is 2.48. The highest BCUT2D eigenvalue weighted by atomic mass is 16.6. The first-order valence-corrected chi connectivity index (χ1v) is 6.94. The van der Waals surface area contributed by atoms with Crippen LogP contribution in [-0.2, 0) is 9.47 Å². The first-order chi connectivity index (χ1) is 9.55. The summed E-state index contributed by atoms with van der Waals surface area (Å²) in [6.45, 7) is 4.16. The van der Waals surface area contributed by atoms with Crippen molar-refractivity contribution >= 4 is 6.08 Å². The molecule has 0 saturated carbocycles. The van der Waals surface area contributed by atoms with Gasteiger partial charge in [0.15, 0.2) is 0 Å². The summed E-state index contributed by atoms with van der Waals surface area (Å²) in [6.07, 6.45) is 10.6. The molecular weight excluding hydrogens is 248 g/mol. The van der Waals surface area contributed by atoms with E-state index in [0.717, 1.165) is 5.57 Å². The fourth-order valence-corrected chi connectivity index (χ4v) is 3.09. The number of benzene rings is 1. The van der Waals surface area contributed by atoms with Gasteiger partial charge in [0.05, 0.1) is 0 Å². The molecule has 0 fully saturated rings. The minimum atomic E-state index is -0.380. The van der Waals surface area contributed by atoms with E-state index in [1.165, 1.54) is 5.56 Å². The van der Waals surface area contributed by atoms with E-state index in [1.807, 2.05) is 18.2 Å². The Morgan fingerprint density at radius 2 is 1.85 bits per heavy atom. The van der Waals surface area contributed by atoms with Gasteiger partial charge in [-0.3, -0.25) is 0 Å². The van der Waals surface area contributed by atoms with E-state index in [9.17, 15) is 0 Å². The lowest BCUT2D eigenvalue weighted by Crippen LogP contribution is -2.47. The Bertz CT molecular complexity index is 585. The maximum atomic E-state index is 6.11. The van der Waals surface area contributed by atoms with Crippen molar-refractivity contribution in [2.24, 2.45) is 0 Å². The van der Waals surface area contributed by atoms with Gasteiger partial charge in [0.25, 0.3) is 0 Å². The molecule has 2 heteroatoms. The molecule has 0 N–H and O–H groups in total. The van der Waals surface area contributed by atoms with Gasteiger partial charge in [0.2, 0.25) is 0 Å². The van der Waals surface area contributed by atoms with Gasteiger partial charge < -0.3 is 9.47 Å². The van der Waals surface area contributed by atoms with Gasteiger partial charge >= 0.3 is 0 Å². The summed E-state index contributed by atoms with van der Waals surface area (Å²) in [6, 6.07) is 10.3. The van der Waals surface area contributed by atoms with E-state index >= 15 is 0 Å². The molecule has 2 aliphatic heterocycles. The number of fused-ring (bicyclic) bond motifs is 2. The van der Waals surface area contributed by atoms with Crippen molar-refractivity contribution in [1.82, 2.24) is 0 Å². The van der Waals surface area contributed by atoms with Gasteiger partial charge in [-0.25, -0.2) is 0 Å². The summed E-state index contributed by atoms with van der Waals surface area (Å²) < 4.78 is 11.8. The third-order valence-electron chi connectivity index (χ3n) is 3.97. The van der Waals surface area contributed by atoms with Crippen LogP contribution in [0.3, 0.4) is 0 Å². The zero-order chi connectivity index (χ0) is 14.2. The van der Waals surface area contributed by atoms with Crippen LogP contribution in [0.5, 0.6) is 0 Å². The maximum absolute atomic E-state index is 6.11. The molecule has 1 aromatic carbocycles. The lowest BCUT2D eigenvalue weighted by Gasteiger charge is -2.40. The van der Waals surface area contributed by atoms with Gasteiger partial charge in [-0.05, 0) is 31.1 Å². The highest BCUT2D eigenvalue weighted by molar-refractivity contribution is 5.55. The molecule has 0 aliphatic carbocycles. The molecule has 104 valence electrons.